The maximum atomic E-state index is 12.4. The number of aryl methyl sites for hydroxylation is 1. The molecule has 0 aliphatic carbocycles. The Bertz CT molecular complexity index is 1140. The van der Waals surface area contributed by atoms with Crippen molar-refractivity contribution in [3.05, 3.63) is 72.3 Å². The van der Waals surface area contributed by atoms with Crippen LogP contribution in [0.5, 0.6) is 0 Å². The smallest absolute Gasteiger partial charge is 0.306 e. The number of pyridine rings is 1. The molecule has 1 aliphatic heterocycles. The van der Waals surface area contributed by atoms with Crippen LogP contribution in [0.15, 0.2) is 61.2 Å². The van der Waals surface area contributed by atoms with Gasteiger partial charge in [0.25, 0.3) is 0 Å². The summed E-state index contributed by atoms with van der Waals surface area (Å²) in [4.78, 5) is 30.0. The van der Waals surface area contributed by atoms with Gasteiger partial charge in [0, 0.05) is 55.1 Å². The van der Waals surface area contributed by atoms with E-state index in [1.807, 2.05) is 43.6 Å². The van der Waals surface area contributed by atoms with Crippen LogP contribution in [0.2, 0.25) is 0 Å². The van der Waals surface area contributed by atoms with Gasteiger partial charge in [-0.15, -0.1) is 0 Å². The number of carboxylic acids is 1. The Labute approximate surface area is 192 Å². The fraction of sp³-hybridized carbons (Fsp3) is 0.280. The maximum Gasteiger partial charge on any atom is 0.306 e. The lowest BCUT2D eigenvalue weighted by Gasteiger charge is -2.30. The van der Waals surface area contributed by atoms with E-state index in [1.54, 1.807) is 29.3 Å². The molecule has 8 nitrogen and oxygen atoms in total. The summed E-state index contributed by atoms with van der Waals surface area (Å²) in [5.41, 5.74) is 4.61. The van der Waals surface area contributed by atoms with Crippen LogP contribution in [0.3, 0.4) is 0 Å². The summed E-state index contributed by atoms with van der Waals surface area (Å²) in [6, 6.07) is 9.65. The molecule has 2 N–H and O–H groups in total. The Hall–Kier alpha value is -3.78. The number of nitrogens with one attached hydrogen (secondary N) is 1. The van der Waals surface area contributed by atoms with E-state index in [0.29, 0.717) is 12.8 Å². The summed E-state index contributed by atoms with van der Waals surface area (Å²) < 4.78 is 1.73. The lowest BCUT2D eigenvalue weighted by atomic mass is 9.97. The molecule has 1 amide bonds. The molecule has 1 saturated heterocycles. The highest BCUT2D eigenvalue weighted by atomic mass is 16.4. The number of benzene rings is 1. The van der Waals surface area contributed by atoms with Crippen molar-refractivity contribution in [2.24, 2.45) is 13.0 Å². The standard InChI is InChI=1S/C25H27N5O3/c1-29-17-21(15-27-29)23-8-11-26-14-20(23)4-7-24(31)28-22-5-2-18(3-6-22)16-30-12-9-19(10-13-30)25(32)33/h2-8,11,14-15,17,19H,9-10,12-13,16H2,1H3,(H,28,31)(H,32,33). The van der Waals surface area contributed by atoms with Gasteiger partial charge in [-0.05, 0) is 61.3 Å². The van der Waals surface area contributed by atoms with Crippen molar-refractivity contribution >= 4 is 23.6 Å². The van der Waals surface area contributed by atoms with E-state index in [0.717, 1.165) is 47.6 Å². The van der Waals surface area contributed by atoms with Gasteiger partial charge in [0.1, 0.15) is 0 Å². The highest BCUT2D eigenvalue weighted by Gasteiger charge is 2.24. The summed E-state index contributed by atoms with van der Waals surface area (Å²) >= 11 is 0. The fourth-order valence-electron chi connectivity index (χ4n) is 4.00. The minimum absolute atomic E-state index is 0.223. The van der Waals surface area contributed by atoms with Crippen LogP contribution in [0.4, 0.5) is 5.69 Å². The number of hydrogen-bond donors (Lipinski definition) is 2. The molecule has 0 atom stereocenters. The second kappa shape index (κ2) is 10.2. The molecular weight excluding hydrogens is 418 g/mol. The zero-order valence-corrected chi connectivity index (χ0v) is 18.5. The summed E-state index contributed by atoms with van der Waals surface area (Å²) in [6.45, 7) is 2.35. The molecule has 0 saturated carbocycles. The van der Waals surface area contributed by atoms with Gasteiger partial charge in [-0.3, -0.25) is 24.2 Å². The van der Waals surface area contributed by atoms with Crippen LogP contribution in [-0.4, -0.2) is 49.7 Å². The molecule has 0 spiro atoms. The van der Waals surface area contributed by atoms with Crippen LogP contribution in [-0.2, 0) is 23.2 Å². The first-order valence-corrected chi connectivity index (χ1v) is 10.9. The number of hydrogen-bond acceptors (Lipinski definition) is 5. The van der Waals surface area contributed by atoms with Crippen LogP contribution in [0.25, 0.3) is 17.2 Å². The fourth-order valence-corrected chi connectivity index (χ4v) is 4.00. The Kier molecular flexibility index (Phi) is 6.95. The number of aromatic nitrogens is 3. The first-order valence-electron chi connectivity index (χ1n) is 10.9. The van der Waals surface area contributed by atoms with Crippen molar-refractivity contribution in [1.29, 1.82) is 0 Å². The molecule has 0 bridgehead atoms. The van der Waals surface area contributed by atoms with Gasteiger partial charge in [0.05, 0.1) is 12.1 Å². The first kappa shape index (κ1) is 22.4. The number of anilines is 1. The Morgan fingerprint density at radius 1 is 1.15 bits per heavy atom. The predicted molar refractivity (Wildman–Crippen MR) is 126 cm³/mol. The van der Waals surface area contributed by atoms with Crippen LogP contribution < -0.4 is 5.32 Å². The third-order valence-corrected chi connectivity index (χ3v) is 5.85. The minimum atomic E-state index is -0.694. The topological polar surface area (TPSA) is 100 Å². The molecule has 170 valence electrons. The molecule has 1 aliphatic rings. The highest BCUT2D eigenvalue weighted by Crippen LogP contribution is 2.23. The third kappa shape index (κ3) is 5.93. The Morgan fingerprint density at radius 2 is 1.91 bits per heavy atom. The van der Waals surface area contributed by atoms with E-state index >= 15 is 0 Å². The van der Waals surface area contributed by atoms with E-state index in [9.17, 15) is 9.59 Å². The number of piperidine rings is 1. The van der Waals surface area contributed by atoms with Gasteiger partial charge in [-0.25, -0.2) is 0 Å². The van der Waals surface area contributed by atoms with Crippen molar-refractivity contribution < 1.29 is 14.7 Å². The molecular formula is C25H27N5O3. The third-order valence-electron chi connectivity index (χ3n) is 5.85. The van der Waals surface area contributed by atoms with Crippen LogP contribution >= 0.6 is 0 Å². The largest absolute Gasteiger partial charge is 0.481 e. The zero-order valence-electron chi connectivity index (χ0n) is 18.5. The Morgan fingerprint density at radius 3 is 2.58 bits per heavy atom. The number of rotatable bonds is 7. The predicted octanol–water partition coefficient (Wildman–Crippen LogP) is 3.43. The van der Waals surface area contributed by atoms with Crippen molar-refractivity contribution in [1.82, 2.24) is 19.7 Å². The average molecular weight is 446 g/mol. The minimum Gasteiger partial charge on any atom is -0.481 e. The molecule has 33 heavy (non-hydrogen) atoms. The highest BCUT2D eigenvalue weighted by molar-refractivity contribution is 6.02. The monoisotopic (exact) mass is 445 g/mol. The van der Waals surface area contributed by atoms with E-state index in [-0.39, 0.29) is 11.8 Å². The number of aliphatic carboxylic acids is 1. The quantitative estimate of drug-likeness (QED) is 0.541. The number of carbonyl (C=O) groups excluding carboxylic acids is 1. The van der Waals surface area contributed by atoms with Gasteiger partial charge in [-0.2, -0.15) is 5.10 Å². The van der Waals surface area contributed by atoms with E-state index in [4.69, 9.17) is 5.11 Å². The summed E-state index contributed by atoms with van der Waals surface area (Å²) in [6.07, 6.45) is 11.8. The van der Waals surface area contributed by atoms with Crippen molar-refractivity contribution in [2.45, 2.75) is 19.4 Å². The molecule has 8 heteroatoms. The van der Waals surface area contributed by atoms with E-state index in [1.165, 1.54) is 6.08 Å². The lowest BCUT2D eigenvalue weighted by molar-refractivity contribution is -0.143. The maximum absolute atomic E-state index is 12.4. The molecule has 0 unspecified atom stereocenters. The second-order valence-corrected chi connectivity index (χ2v) is 8.27. The van der Waals surface area contributed by atoms with Gasteiger partial charge in [0.15, 0.2) is 0 Å². The number of likely N-dealkylation sites (tertiary alicyclic amines) is 1. The molecule has 1 aromatic carbocycles. The Balaban J connectivity index is 1.32. The van der Waals surface area contributed by atoms with E-state index < -0.39 is 5.97 Å². The first-order chi connectivity index (χ1) is 16.0. The van der Waals surface area contributed by atoms with Gasteiger partial charge in [-0.1, -0.05) is 12.1 Å². The van der Waals surface area contributed by atoms with Gasteiger partial charge >= 0.3 is 5.97 Å². The number of carbonyl (C=O) groups is 2. The number of amides is 1. The SMILES string of the molecule is Cn1cc(-c2ccncc2C=CC(=O)Nc2ccc(CN3CCC(C(=O)O)CC3)cc2)cn1. The lowest BCUT2D eigenvalue weighted by Crippen LogP contribution is -2.35. The number of nitrogens with zero attached hydrogens (tertiary/aromatic N) is 4. The van der Waals surface area contributed by atoms with Gasteiger partial charge in [0.2, 0.25) is 5.91 Å². The normalized spacial score (nSPS) is 15.1. The van der Waals surface area contributed by atoms with Crippen LogP contribution in [0.1, 0.15) is 24.0 Å². The molecule has 0 radical (unpaired) electrons. The summed E-state index contributed by atoms with van der Waals surface area (Å²) in [5, 5.41) is 16.2. The summed E-state index contributed by atoms with van der Waals surface area (Å²) in [5.74, 6) is -1.14. The second-order valence-electron chi connectivity index (χ2n) is 8.27. The molecule has 3 aromatic rings. The summed E-state index contributed by atoms with van der Waals surface area (Å²) in [7, 11) is 1.86. The van der Waals surface area contributed by atoms with Crippen molar-refractivity contribution in [3.8, 4) is 11.1 Å². The van der Waals surface area contributed by atoms with Crippen LogP contribution in [0, 0.1) is 5.92 Å². The zero-order chi connectivity index (χ0) is 23.2. The number of carboxylic acid groups (broad SMARTS) is 1. The molecule has 4 rings (SSSR count). The van der Waals surface area contributed by atoms with Crippen molar-refractivity contribution in [2.75, 3.05) is 18.4 Å². The molecule has 2 aromatic heterocycles. The molecule has 1 fully saturated rings. The van der Waals surface area contributed by atoms with Crippen molar-refractivity contribution in [3.63, 3.8) is 0 Å². The van der Waals surface area contributed by atoms with E-state index in [2.05, 4.69) is 20.3 Å². The van der Waals surface area contributed by atoms with Gasteiger partial charge < -0.3 is 10.4 Å². The average Bonchev–Trinajstić information content (AvgIpc) is 3.25. The molecule has 3 heterocycles.